The second-order valence-electron chi connectivity index (χ2n) is 12.8. The molecular formula is C46H31N. The zero-order chi connectivity index (χ0) is 31.3. The molecule has 0 radical (unpaired) electrons. The van der Waals surface area contributed by atoms with Gasteiger partial charge in [0.1, 0.15) is 0 Å². The highest BCUT2D eigenvalue weighted by molar-refractivity contribution is 5.92. The van der Waals surface area contributed by atoms with E-state index in [1.165, 1.54) is 72.3 Å². The molecule has 0 bridgehead atoms. The summed E-state index contributed by atoms with van der Waals surface area (Å²) in [6, 6.07) is 50.4. The fourth-order valence-corrected chi connectivity index (χ4v) is 7.67. The molecule has 3 aliphatic carbocycles. The first kappa shape index (κ1) is 27.3. The summed E-state index contributed by atoms with van der Waals surface area (Å²) in [5.74, 6) is 0.351. The number of hydrogen-bond donors (Lipinski definition) is 0. The van der Waals surface area contributed by atoms with Crippen molar-refractivity contribution in [3.63, 3.8) is 0 Å². The molecule has 0 aliphatic heterocycles. The summed E-state index contributed by atoms with van der Waals surface area (Å²) in [5, 5.41) is 9.17. The largest absolute Gasteiger partial charge is 0.192 e. The van der Waals surface area contributed by atoms with Crippen molar-refractivity contribution in [3.8, 4) is 50.6 Å². The van der Waals surface area contributed by atoms with Crippen LogP contribution in [0.5, 0.6) is 0 Å². The van der Waals surface area contributed by atoms with Crippen molar-refractivity contribution in [3.05, 3.63) is 191 Å². The van der Waals surface area contributed by atoms with E-state index in [0.29, 0.717) is 11.5 Å². The molecule has 0 heterocycles. The first-order chi connectivity index (χ1) is 23.2. The molecule has 3 aliphatic rings. The van der Waals surface area contributed by atoms with Crippen LogP contribution in [0.15, 0.2) is 157 Å². The number of nitrogens with zero attached hydrogens (tertiary/aromatic N) is 1. The Bertz CT molecular complexity index is 2330. The second-order valence-corrected chi connectivity index (χ2v) is 12.8. The van der Waals surface area contributed by atoms with Crippen LogP contribution in [0, 0.1) is 11.3 Å². The van der Waals surface area contributed by atoms with E-state index in [4.69, 9.17) is 5.26 Å². The lowest BCUT2D eigenvalue weighted by molar-refractivity contribution is 0.823. The standard InChI is InChI=1S/C46H31N/c47-29-30-9-11-32(12-10-30)33-13-15-34(16-14-33)42-8-4-7-41-25-40-24-23-39(28-45(40)46(41)42)38-22-20-36-18-17-35-19-21-37(26-43(35)44(36)27-38)31-5-2-1-3-6-31/h1-24,26,28,44H,25,27H2. The number of fused-ring (bicyclic) bond motifs is 6. The van der Waals surface area contributed by atoms with Gasteiger partial charge >= 0.3 is 0 Å². The third kappa shape index (κ3) is 4.78. The highest BCUT2D eigenvalue weighted by Gasteiger charge is 2.27. The van der Waals surface area contributed by atoms with Crippen molar-refractivity contribution < 1.29 is 0 Å². The Balaban J connectivity index is 1.05. The first-order valence-corrected chi connectivity index (χ1v) is 16.4. The van der Waals surface area contributed by atoms with E-state index in [9.17, 15) is 0 Å². The molecule has 0 fully saturated rings. The van der Waals surface area contributed by atoms with Gasteiger partial charge in [-0.15, -0.1) is 0 Å². The van der Waals surface area contributed by atoms with Gasteiger partial charge in [-0.05, 0) is 121 Å². The van der Waals surface area contributed by atoms with Crippen molar-refractivity contribution in [2.24, 2.45) is 0 Å². The van der Waals surface area contributed by atoms with Crippen LogP contribution in [0.3, 0.4) is 0 Å². The molecule has 1 nitrogen and oxygen atoms in total. The van der Waals surface area contributed by atoms with E-state index < -0.39 is 0 Å². The van der Waals surface area contributed by atoms with Gasteiger partial charge in [-0.2, -0.15) is 5.26 Å². The molecule has 1 heteroatoms. The molecule has 6 aromatic rings. The van der Waals surface area contributed by atoms with Crippen molar-refractivity contribution in [2.45, 2.75) is 18.8 Å². The zero-order valence-electron chi connectivity index (χ0n) is 25.9. The van der Waals surface area contributed by atoms with Crippen LogP contribution in [0.25, 0.3) is 56.2 Å². The Kier molecular flexibility index (Phi) is 6.47. The van der Waals surface area contributed by atoms with Gasteiger partial charge in [0, 0.05) is 5.92 Å². The number of benzene rings is 6. The van der Waals surface area contributed by atoms with Crippen LogP contribution in [0.1, 0.15) is 45.7 Å². The van der Waals surface area contributed by atoms with Gasteiger partial charge in [0.15, 0.2) is 0 Å². The molecule has 0 saturated heterocycles. The van der Waals surface area contributed by atoms with E-state index in [1.54, 1.807) is 0 Å². The van der Waals surface area contributed by atoms with Crippen LogP contribution in [0.4, 0.5) is 0 Å². The SMILES string of the molecule is N#Cc1ccc(-c2ccc(-c3cccc4c3-c3cc(C5=CC=C6C=Cc7ccc(-c8ccccc8)cc7C6C5)ccc3C4)cc2)cc1. The summed E-state index contributed by atoms with van der Waals surface area (Å²) in [4.78, 5) is 0. The smallest absolute Gasteiger partial charge is 0.0991 e. The van der Waals surface area contributed by atoms with Gasteiger partial charge in [-0.1, -0.05) is 133 Å². The molecule has 220 valence electrons. The normalized spacial score (nSPS) is 15.4. The number of nitriles is 1. The molecule has 1 atom stereocenters. The zero-order valence-corrected chi connectivity index (χ0v) is 25.9. The minimum absolute atomic E-state index is 0.351. The van der Waals surface area contributed by atoms with Gasteiger partial charge < -0.3 is 0 Å². The van der Waals surface area contributed by atoms with E-state index >= 15 is 0 Å². The third-order valence-electron chi connectivity index (χ3n) is 10.2. The van der Waals surface area contributed by atoms with Gasteiger partial charge in [-0.3, -0.25) is 0 Å². The van der Waals surface area contributed by atoms with Crippen molar-refractivity contribution in [1.82, 2.24) is 0 Å². The molecule has 1 unspecified atom stereocenters. The maximum atomic E-state index is 9.17. The van der Waals surface area contributed by atoms with Gasteiger partial charge in [0.05, 0.1) is 11.6 Å². The Labute approximate surface area is 276 Å². The van der Waals surface area contributed by atoms with Gasteiger partial charge in [0.25, 0.3) is 0 Å². The van der Waals surface area contributed by atoms with E-state index in [1.807, 2.05) is 24.3 Å². The van der Waals surface area contributed by atoms with Gasteiger partial charge in [0.2, 0.25) is 0 Å². The fourth-order valence-electron chi connectivity index (χ4n) is 7.67. The average molecular weight is 598 g/mol. The van der Waals surface area contributed by atoms with Crippen LogP contribution in [0.2, 0.25) is 0 Å². The molecule has 0 amide bonds. The van der Waals surface area contributed by atoms with Crippen molar-refractivity contribution >= 4 is 11.6 Å². The first-order valence-electron chi connectivity index (χ1n) is 16.4. The third-order valence-corrected chi connectivity index (χ3v) is 10.2. The van der Waals surface area contributed by atoms with Crippen LogP contribution in [-0.2, 0) is 6.42 Å². The molecule has 0 spiro atoms. The topological polar surface area (TPSA) is 23.8 Å². The summed E-state index contributed by atoms with van der Waals surface area (Å²) in [7, 11) is 0. The Morgan fingerprint density at radius 2 is 1.26 bits per heavy atom. The lowest BCUT2D eigenvalue weighted by atomic mass is 9.75. The average Bonchev–Trinajstić information content (AvgIpc) is 3.53. The predicted octanol–water partition coefficient (Wildman–Crippen LogP) is 11.7. The fraction of sp³-hybridized carbons (Fsp3) is 0.0652. The number of rotatable bonds is 4. The number of hydrogen-bond acceptors (Lipinski definition) is 1. The second kappa shape index (κ2) is 11.1. The summed E-state index contributed by atoms with van der Waals surface area (Å²) in [5.41, 5.74) is 20.4. The molecule has 47 heavy (non-hydrogen) atoms. The summed E-state index contributed by atoms with van der Waals surface area (Å²) < 4.78 is 0. The molecule has 6 aromatic carbocycles. The highest BCUT2D eigenvalue weighted by atomic mass is 14.3. The lowest BCUT2D eigenvalue weighted by Crippen LogP contribution is -2.11. The molecule has 0 aromatic heterocycles. The molecule has 0 saturated carbocycles. The molecule has 0 N–H and O–H groups in total. The summed E-state index contributed by atoms with van der Waals surface area (Å²) in [6.45, 7) is 0. The van der Waals surface area contributed by atoms with Crippen molar-refractivity contribution in [1.29, 1.82) is 5.26 Å². The van der Waals surface area contributed by atoms with E-state index in [2.05, 4.69) is 140 Å². The summed E-state index contributed by atoms with van der Waals surface area (Å²) >= 11 is 0. The van der Waals surface area contributed by atoms with Crippen LogP contribution in [-0.4, -0.2) is 0 Å². The predicted molar refractivity (Wildman–Crippen MR) is 195 cm³/mol. The van der Waals surface area contributed by atoms with E-state index in [0.717, 1.165) is 24.0 Å². The summed E-state index contributed by atoms with van der Waals surface area (Å²) in [6.07, 6.45) is 11.2. The minimum atomic E-state index is 0.351. The Morgan fingerprint density at radius 1 is 0.532 bits per heavy atom. The van der Waals surface area contributed by atoms with Gasteiger partial charge in [-0.25, -0.2) is 0 Å². The maximum Gasteiger partial charge on any atom is 0.0991 e. The number of allylic oxidation sites excluding steroid dienone is 5. The minimum Gasteiger partial charge on any atom is -0.192 e. The highest BCUT2D eigenvalue weighted by Crippen LogP contribution is 2.47. The van der Waals surface area contributed by atoms with Crippen molar-refractivity contribution in [2.75, 3.05) is 0 Å². The van der Waals surface area contributed by atoms with E-state index in [-0.39, 0.29) is 0 Å². The Morgan fingerprint density at radius 3 is 2.06 bits per heavy atom. The monoisotopic (exact) mass is 597 g/mol. The molecular weight excluding hydrogens is 567 g/mol. The van der Waals surface area contributed by atoms with Crippen LogP contribution >= 0.6 is 0 Å². The lowest BCUT2D eigenvalue weighted by Gasteiger charge is -2.29. The quantitative estimate of drug-likeness (QED) is 0.198. The van der Waals surface area contributed by atoms with Crippen LogP contribution < -0.4 is 0 Å². The maximum absolute atomic E-state index is 9.17. The molecule has 9 rings (SSSR count). The Hall–Kier alpha value is -5.97.